The van der Waals surface area contributed by atoms with Crippen LogP contribution in [0.2, 0.25) is 5.02 Å². The van der Waals surface area contributed by atoms with Crippen molar-refractivity contribution in [3.63, 3.8) is 0 Å². The van der Waals surface area contributed by atoms with Crippen molar-refractivity contribution in [1.82, 2.24) is 10.3 Å². The summed E-state index contributed by atoms with van der Waals surface area (Å²) in [5, 5.41) is 10.4. The van der Waals surface area contributed by atoms with E-state index in [0.29, 0.717) is 24.5 Å². The van der Waals surface area contributed by atoms with E-state index in [-0.39, 0.29) is 16.5 Å². The number of thiazole rings is 1. The number of nitrogens with one attached hydrogen (secondary N) is 4. The Labute approximate surface area is 181 Å². The highest BCUT2D eigenvalue weighted by molar-refractivity contribution is 7.92. The van der Waals surface area contributed by atoms with E-state index in [1.807, 2.05) is 0 Å². The third-order valence-corrected chi connectivity index (χ3v) is 6.19. The number of sulfonamides is 1. The van der Waals surface area contributed by atoms with Gasteiger partial charge >= 0.3 is 0 Å². The van der Waals surface area contributed by atoms with Gasteiger partial charge in [-0.2, -0.15) is 0 Å². The van der Waals surface area contributed by atoms with Crippen molar-refractivity contribution >= 4 is 55.8 Å². The molecule has 160 valence electrons. The number of anilines is 4. The molecule has 0 spiro atoms. The van der Waals surface area contributed by atoms with Gasteiger partial charge in [0.15, 0.2) is 5.82 Å². The molecule has 12 heteroatoms. The van der Waals surface area contributed by atoms with Crippen molar-refractivity contribution < 1.29 is 17.2 Å². The molecule has 1 heterocycles. The van der Waals surface area contributed by atoms with Crippen LogP contribution >= 0.6 is 22.9 Å². The second-order valence-corrected chi connectivity index (χ2v) is 8.86. The minimum atomic E-state index is -4.22. The highest BCUT2D eigenvalue weighted by Crippen LogP contribution is 2.33. The van der Waals surface area contributed by atoms with Crippen LogP contribution in [0.3, 0.4) is 0 Å². The minimum absolute atomic E-state index is 0.0273. The molecule has 0 amide bonds. The number of likely N-dealkylation sites (N-methyl/N-ethyl adjacent to an activating group) is 1. The fraction of sp³-hybridized carbons (Fsp3) is 0.167. The fourth-order valence-electron chi connectivity index (χ4n) is 2.52. The largest absolute Gasteiger partial charge is 0.382 e. The maximum absolute atomic E-state index is 14.7. The standard InChI is InChI=1S/C18H18ClF2N5O2S2/c1-22-4-5-23-16-6-11(20)2-3-14(16)25-15-8-13(21)17(7-12(15)19)30(27,28)26-18-9-29-10-24-18/h2-3,6-10,22-23,25-26H,4-5H2,1H3. The number of hydrogen-bond acceptors (Lipinski definition) is 7. The predicted octanol–water partition coefficient (Wildman–Crippen LogP) is 4.25. The third-order valence-electron chi connectivity index (χ3n) is 3.92. The quantitative estimate of drug-likeness (QED) is 0.347. The van der Waals surface area contributed by atoms with Crippen molar-refractivity contribution in [2.75, 3.05) is 35.5 Å². The summed E-state index contributed by atoms with van der Waals surface area (Å²) >= 11 is 7.40. The zero-order valence-corrected chi connectivity index (χ0v) is 18.1. The average Bonchev–Trinajstić information content (AvgIpc) is 3.18. The van der Waals surface area contributed by atoms with E-state index >= 15 is 0 Å². The molecule has 0 fully saturated rings. The Morgan fingerprint density at radius 3 is 2.60 bits per heavy atom. The Morgan fingerprint density at radius 1 is 1.10 bits per heavy atom. The molecule has 4 N–H and O–H groups in total. The van der Waals surface area contributed by atoms with Crippen LogP contribution in [0.15, 0.2) is 46.1 Å². The molecule has 0 aliphatic carbocycles. The molecular formula is C18H18ClF2N5O2S2. The van der Waals surface area contributed by atoms with Gasteiger partial charge in [-0.1, -0.05) is 11.6 Å². The van der Waals surface area contributed by atoms with E-state index < -0.39 is 26.6 Å². The van der Waals surface area contributed by atoms with Crippen LogP contribution < -0.4 is 20.7 Å². The first-order valence-electron chi connectivity index (χ1n) is 8.65. The number of halogens is 3. The van der Waals surface area contributed by atoms with Gasteiger partial charge in [0.1, 0.15) is 16.5 Å². The van der Waals surface area contributed by atoms with Gasteiger partial charge in [-0.3, -0.25) is 4.72 Å². The molecule has 0 atom stereocenters. The number of benzene rings is 2. The topological polar surface area (TPSA) is 95.1 Å². The van der Waals surface area contributed by atoms with Crippen LogP contribution in [0.5, 0.6) is 0 Å². The smallest absolute Gasteiger partial charge is 0.266 e. The molecule has 0 unspecified atom stereocenters. The van der Waals surface area contributed by atoms with Crippen LogP contribution in [0, 0.1) is 11.6 Å². The Bertz CT molecular complexity index is 1130. The van der Waals surface area contributed by atoms with E-state index in [9.17, 15) is 17.2 Å². The summed E-state index contributed by atoms with van der Waals surface area (Å²) in [6.07, 6.45) is 0. The van der Waals surface area contributed by atoms with Crippen molar-refractivity contribution in [2.45, 2.75) is 4.90 Å². The van der Waals surface area contributed by atoms with E-state index in [0.717, 1.165) is 12.1 Å². The maximum Gasteiger partial charge on any atom is 0.266 e. The normalized spacial score (nSPS) is 11.3. The predicted molar refractivity (Wildman–Crippen MR) is 116 cm³/mol. The van der Waals surface area contributed by atoms with E-state index in [4.69, 9.17) is 11.6 Å². The van der Waals surface area contributed by atoms with Crippen LogP contribution in [-0.4, -0.2) is 33.5 Å². The molecule has 3 aromatic rings. The van der Waals surface area contributed by atoms with Crippen molar-refractivity contribution in [2.24, 2.45) is 0 Å². The number of rotatable bonds is 9. The summed E-state index contributed by atoms with van der Waals surface area (Å²) in [5.41, 5.74) is 2.47. The molecule has 0 bridgehead atoms. The molecule has 0 saturated carbocycles. The summed E-state index contributed by atoms with van der Waals surface area (Å²) in [6, 6.07) is 5.98. The van der Waals surface area contributed by atoms with Gasteiger partial charge in [0.05, 0.1) is 27.6 Å². The Kier molecular flexibility index (Phi) is 7.08. The van der Waals surface area contributed by atoms with E-state index in [1.54, 1.807) is 7.05 Å². The second-order valence-electron chi connectivity index (χ2n) is 6.09. The summed E-state index contributed by atoms with van der Waals surface area (Å²) < 4.78 is 55.4. The zero-order valence-electron chi connectivity index (χ0n) is 15.7. The molecule has 30 heavy (non-hydrogen) atoms. The van der Waals surface area contributed by atoms with Crippen molar-refractivity contribution in [1.29, 1.82) is 0 Å². The highest BCUT2D eigenvalue weighted by Gasteiger charge is 2.22. The summed E-state index contributed by atoms with van der Waals surface area (Å²) in [6.45, 7) is 1.17. The van der Waals surface area contributed by atoms with E-state index in [2.05, 4.69) is 25.7 Å². The van der Waals surface area contributed by atoms with Crippen molar-refractivity contribution in [3.8, 4) is 0 Å². The molecule has 0 saturated heterocycles. The number of nitrogens with zero attached hydrogens (tertiary/aromatic N) is 1. The first-order valence-corrected chi connectivity index (χ1v) is 11.5. The number of aromatic nitrogens is 1. The molecular weight excluding hydrogens is 456 g/mol. The van der Waals surface area contributed by atoms with Crippen molar-refractivity contribution in [3.05, 3.63) is 57.9 Å². The van der Waals surface area contributed by atoms with Gasteiger partial charge in [0.25, 0.3) is 10.0 Å². The lowest BCUT2D eigenvalue weighted by Crippen LogP contribution is -2.18. The molecule has 2 aromatic carbocycles. The average molecular weight is 474 g/mol. The van der Waals surface area contributed by atoms with Gasteiger partial charge in [-0.25, -0.2) is 22.2 Å². The summed E-state index contributed by atoms with van der Waals surface area (Å²) in [7, 11) is -2.43. The van der Waals surface area contributed by atoms with Gasteiger partial charge in [-0.15, -0.1) is 11.3 Å². The first-order chi connectivity index (χ1) is 14.3. The summed E-state index contributed by atoms with van der Waals surface area (Å²) in [5.74, 6) is -1.36. The van der Waals surface area contributed by atoms with Gasteiger partial charge in [0.2, 0.25) is 0 Å². The monoisotopic (exact) mass is 473 g/mol. The minimum Gasteiger partial charge on any atom is -0.382 e. The maximum atomic E-state index is 14.7. The van der Waals surface area contributed by atoms with Crippen LogP contribution in [0.1, 0.15) is 0 Å². The van der Waals surface area contributed by atoms with Gasteiger partial charge < -0.3 is 16.0 Å². The van der Waals surface area contributed by atoms with Gasteiger partial charge in [-0.05, 0) is 31.3 Å². The number of hydrogen-bond donors (Lipinski definition) is 4. The Hall–Kier alpha value is -2.47. The lowest BCUT2D eigenvalue weighted by Gasteiger charge is -2.16. The summed E-state index contributed by atoms with van der Waals surface area (Å²) in [4.78, 5) is 3.20. The Balaban J connectivity index is 1.88. The van der Waals surface area contributed by atoms with E-state index in [1.165, 1.54) is 40.4 Å². The van der Waals surface area contributed by atoms with Crippen LogP contribution in [0.4, 0.5) is 31.7 Å². The Morgan fingerprint density at radius 2 is 1.90 bits per heavy atom. The molecule has 0 aliphatic rings. The molecule has 0 aliphatic heterocycles. The molecule has 3 rings (SSSR count). The third kappa shape index (κ3) is 5.36. The van der Waals surface area contributed by atoms with Crippen LogP contribution in [0.25, 0.3) is 0 Å². The SMILES string of the molecule is CNCCNc1cc(F)ccc1Nc1cc(F)c(S(=O)(=O)Nc2cscn2)cc1Cl. The van der Waals surface area contributed by atoms with Gasteiger partial charge in [0, 0.05) is 24.5 Å². The molecule has 0 radical (unpaired) electrons. The molecule has 1 aromatic heterocycles. The second kappa shape index (κ2) is 9.56. The lowest BCUT2D eigenvalue weighted by atomic mass is 10.2. The highest BCUT2D eigenvalue weighted by atomic mass is 35.5. The zero-order chi connectivity index (χ0) is 21.7. The lowest BCUT2D eigenvalue weighted by molar-refractivity contribution is 0.570. The fourth-order valence-corrected chi connectivity index (χ4v) is 4.44. The van der Waals surface area contributed by atoms with Crippen LogP contribution in [-0.2, 0) is 10.0 Å². The molecule has 7 nitrogen and oxygen atoms in total. The first kappa shape index (κ1) is 22.2.